The van der Waals surface area contributed by atoms with Gasteiger partial charge in [-0.15, -0.1) is 13.2 Å². The average molecular weight is 188 g/mol. The van der Waals surface area contributed by atoms with Gasteiger partial charge < -0.3 is 0 Å². The number of hydrazone groups is 1. The van der Waals surface area contributed by atoms with Crippen molar-refractivity contribution in [3.63, 3.8) is 0 Å². The molecular formula is C4H5ClF3N3. The number of hydrogen-bond donors (Lipinski definition) is 0. The summed E-state index contributed by atoms with van der Waals surface area (Å²) in [6.07, 6.45) is -3.81. The summed E-state index contributed by atoms with van der Waals surface area (Å²) in [7, 11) is 1.36. The number of alkyl halides is 4. The molecule has 1 heterocycles. The highest BCUT2D eigenvalue weighted by Gasteiger charge is 2.43. The van der Waals surface area contributed by atoms with E-state index in [1.54, 1.807) is 0 Å². The van der Waals surface area contributed by atoms with Crippen molar-refractivity contribution in [3.8, 4) is 0 Å². The van der Waals surface area contributed by atoms with E-state index in [0.717, 1.165) is 5.01 Å². The van der Waals surface area contributed by atoms with Crippen LogP contribution < -0.4 is 0 Å². The van der Waals surface area contributed by atoms with E-state index in [1.807, 2.05) is 0 Å². The standard InChI is InChI=1S/C4H5ClF3N3/c1-10-3(5)11(2-9-10)4(6,7)8/h2-3H,1H3. The Morgan fingerprint density at radius 2 is 2.09 bits per heavy atom. The maximum Gasteiger partial charge on any atom is 0.488 e. The monoisotopic (exact) mass is 187 g/mol. The lowest BCUT2D eigenvalue weighted by Crippen LogP contribution is -2.42. The fourth-order valence-corrected chi connectivity index (χ4v) is 0.825. The second kappa shape index (κ2) is 2.44. The van der Waals surface area contributed by atoms with E-state index in [-0.39, 0.29) is 4.90 Å². The summed E-state index contributed by atoms with van der Waals surface area (Å²) < 4.78 is 35.7. The van der Waals surface area contributed by atoms with Gasteiger partial charge in [0, 0.05) is 7.05 Å². The minimum atomic E-state index is -4.46. The van der Waals surface area contributed by atoms with Crippen molar-refractivity contribution >= 4 is 17.9 Å². The van der Waals surface area contributed by atoms with Crippen LogP contribution in [0.4, 0.5) is 13.2 Å². The van der Waals surface area contributed by atoms with Crippen LogP contribution in [0.1, 0.15) is 0 Å². The summed E-state index contributed by atoms with van der Waals surface area (Å²) in [5, 5.41) is 4.36. The summed E-state index contributed by atoms with van der Waals surface area (Å²) in [5.41, 5.74) is -1.27. The molecule has 64 valence electrons. The Balaban J connectivity index is 2.70. The quantitative estimate of drug-likeness (QED) is 0.420. The van der Waals surface area contributed by atoms with Gasteiger partial charge in [0.1, 0.15) is 6.34 Å². The minimum Gasteiger partial charge on any atom is -0.262 e. The fraction of sp³-hybridized carbons (Fsp3) is 0.750. The Labute approximate surface area is 66.0 Å². The van der Waals surface area contributed by atoms with Crippen molar-refractivity contribution in [2.75, 3.05) is 7.05 Å². The van der Waals surface area contributed by atoms with Crippen LogP contribution in [-0.2, 0) is 0 Å². The molecule has 0 radical (unpaired) electrons. The van der Waals surface area contributed by atoms with Gasteiger partial charge in [0.2, 0.25) is 5.62 Å². The molecule has 0 bridgehead atoms. The van der Waals surface area contributed by atoms with Crippen LogP contribution >= 0.6 is 11.6 Å². The average Bonchev–Trinajstić information content (AvgIpc) is 2.11. The molecular weight excluding hydrogens is 183 g/mol. The molecule has 11 heavy (non-hydrogen) atoms. The Morgan fingerprint density at radius 3 is 2.27 bits per heavy atom. The second-order valence-corrected chi connectivity index (χ2v) is 2.38. The van der Waals surface area contributed by atoms with Gasteiger partial charge in [-0.2, -0.15) is 5.10 Å². The number of hydrogen-bond acceptors (Lipinski definition) is 3. The molecule has 0 aliphatic carbocycles. The first kappa shape index (κ1) is 8.45. The molecule has 1 rings (SSSR count). The topological polar surface area (TPSA) is 18.8 Å². The van der Waals surface area contributed by atoms with Crippen molar-refractivity contribution in [2.45, 2.75) is 11.9 Å². The zero-order valence-electron chi connectivity index (χ0n) is 5.51. The van der Waals surface area contributed by atoms with Crippen molar-refractivity contribution in [2.24, 2.45) is 5.10 Å². The van der Waals surface area contributed by atoms with E-state index in [0.29, 0.717) is 6.34 Å². The molecule has 0 aromatic rings. The number of rotatable bonds is 0. The van der Waals surface area contributed by atoms with Crippen LogP contribution in [-0.4, -0.2) is 35.2 Å². The van der Waals surface area contributed by atoms with E-state index in [2.05, 4.69) is 5.10 Å². The maximum absolute atomic E-state index is 11.9. The lowest BCUT2D eigenvalue weighted by Gasteiger charge is -2.23. The van der Waals surface area contributed by atoms with E-state index >= 15 is 0 Å². The van der Waals surface area contributed by atoms with E-state index in [1.165, 1.54) is 7.05 Å². The minimum absolute atomic E-state index is 0.00849. The molecule has 0 amide bonds. The largest absolute Gasteiger partial charge is 0.488 e. The molecule has 0 spiro atoms. The molecule has 0 N–H and O–H groups in total. The van der Waals surface area contributed by atoms with Gasteiger partial charge in [0.05, 0.1) is 0 Å². The Hall–Kier alpha value is -0.650. The number of nitrogens with zero attached hydrogens (tertiary/aromatic N) is 3. The van der Waals surface area contributed by atoms with Crippen molar-refractivity contribution in [1.29, 1.82) is 0 Å². The van der Waals surface area contributed by atoms with Gasteiger partial charge in [-0.05, 0) is 0 Å². The first-order valence-electron chi connectivity index (χ1n) is 2.69. The predicted molar refractivity (Wildman–Crippen MR) is 33.8 cm³/mol. The van der Waals surface area contributed by atoms with Crippen LogP contribution in [0.3, 0.4) is 0 Å². The fourth-order valence-electron chi connectivity index (χ4n) is 0.613. The van der Waals surface area contributed by atoms with Crippen molar-refractivity contribution < 1.29 is 13.2 Å². The summed E-state index contributed by atoms with van der Waals surface area (Å²) in [5.74, 6) is 0. The molecule has 7 heteroatoms. The third-order valence-electron chi connectivity index (χ3n) is 1.19. The molecule has 1 aliphatic rings. The van der Waals surface area contributed by atoms with Gasteiger partial charge >= 0.3 is 6.30 Å². The van der Waals surface area contributed by atoms with E-state index < -0.39 is 11.9 Å². The van der Waals surface area contributed by atoms with Crippen LogP contribution in [0.15, 0.2) is 5.10 Å². The predicted octanol–water partition coefficient (Wildman–Crippen LogP) is 1.22. The van der Waals surface area contributed by atoms with Crippen LogP contribution in [0.2, 0.25) is 0 Å². The lowest BCUT2D eigenvalue weighted by atomic mass is 10.8. The summed E-state index contributed by atoms with van der Waals surface area (Å²) in [4.78, 5) is 0.00849. The zero-order valence-corrected chi connectivity index (χ0v) is 6.26. The molecule has 3 nitrogen and oxygen atoms in total. The molecule has 1 aliphatic heterocycles. The van der Waals surface area contributed by atoms with Crippen LogP contribution in [0.5, 0.6) is 0 Å². The molecule has 0 saturated carbocycles. The third kappa shape index (κ3) is 1.50. The summed E-state index contributed by atoms with van der Waals surface area (Å²) in [6.45, 7) is 0. The summed E-state index contributed by atoms with van der Waals surface area (Å²) >= 11 is 5.32. The highest BCUT2D eigenvalue weighted by molar-refractivity contribution is 6.20. The van der Waals surface area contributed by atoms with Gasteiger partial charge in [0.15, 0.2) is 0 Å². The molecule has 1 atom stereocenters. The molecule has 1 unspecified atom stereocenters. The molecule has 0 aromatic carbocycles. The third-order valence-corrected chi connectivity index (χ3v) is 1.68. The first-order chi connectivity index (χ1) is 4.93. The van der Waals surface area contributed by atoms with Crippen LogP contribution in [0, 0.1) is 0 Å². The normalized spacial score (nSPS) is 25.0. The SMILES string of the molecule is CN1N=CN(C(F)(F)F)C1Cl. The Morgan fingerprint density at radius 1 is 1.55 bits per heavy atom. The van der Waals surface area contributed by atoms with Crippen molar-refractivity contribution in [1.82, 2.24) is 9.91 Å². The van der Waals surface area contributed by atoms with Crippen molar-refractivity contribution in [3.05, 3.63) is 0 Å². The van der Waals surface area contributed by atoms with Crippen LogP contribution in [0.25, 0.3) is 0 Å². The Kier molecular flexibility index (Phi) is 1.87. The maximum atomic E-state index is 11.9. The molecule has 0 fully saturated rings. The number of halogens is 4. The van der Waals surface area contributed by atoms with Gasteiger partial charge in [-0.25, -0.2) is 4.90 Å². The first-order valence-corrected chi connectivity index (χ1v) is 3.13. The van der Waals surface area contributed by atoms with Gasteiger partial charge in [0.25, 0.3) is 0 Å². The Bertz CT molecular complexity index is 180. The molecule has 0 aromatic heterocycles. The molecule has 0 saturated heterocycles. The smallest absolute Gasteiger partial charge is 0.262 e. The highest BCUT2D eigenvalue weighted by atomic mass is 35.5. The highest BCUT2D eigenvalue weighted by Crippen LogP contribution is 2.27. The summed E-state index contributed by atoms with van der Waals surface area (Å²) in [6, 6.07) is 0. The van der Waals surface area contributed by atoms with E-state index in [9.17, 15) is 13.2 Å². The van der Waals surface area contributed by atoms with E-state index in [4.69, 9.17) is 11.6 Å². The zero-order chi connectivity index (χ0) is 8.65. The van der Waals surface area contributed by atoms with Gasteiger partial charge in [-0.1, -0.05) is 11.6 Å². The van der Waals surface area contributed by atoms with Gasteiger partial charge in [-0.3, -0.25) is 5.01 Å². The lowest BCUT2D eigenvalue weighted by molar-refractivity contribution is -0.224. The second-order valence-electron chi connectivity index (χ2n) is 1.99.